The molecule has 7 heteroatoms. The number of hydrogen-bond donors (Lipinski definition) is 1. The van der Waals surface area contributed by atoms with Gasteiger partial charge in [0.1, 0.15) is 0 Å². The average molecular weight is 391 g/mol. The number of hydrogen-bond acceptors (Lipinski definition) is 4. The zero-order chi connectivity index (χ0) is 19.0. The molecule has 2 rings (SSSR count). The predicted molar refractivity (Wildman–Crippen MR) is 109 cm³/mol. The fourth-order valence-corrected chi connectivity index (χ4v) is 3.67. The summed E-state index contributed by atoms with van der Waals surface area (Å²) in [6.45, 7) is 0. The molecule has 0 fully saturated rings. The Morgan fingerprint density at radius 3 is 2.54 bits per heavy atom. The van der Waals surface area contributed by atoms with E-state index < -0.39 is 10.0 Å². The van der Waals surface area contributed by atoms with Gasteiger partial charge >= 0.3 is 0 Å². The van der Waals surface area contributed by atoms with Gasteiger partial charge in [0.15, 0.2) is 0 Å². The number of amides is 1. The summed E-state index contributed by atoms with van der Waals surface area (Å²) in [4.78, 5) is 12.2. The first-order valence-electron chi connectivity index (χ1n) is 8.01. The van der Waals surface area contributed by atoms with Crippen molar-refractivity contribution in [1.29, 1.82) is 0 Å². The van der Waals surface area contributed by atoms with E-state index in [0.717, 1.165) is 15.6 Å². The molecule has 0 bridgehead atoms. The third-order valence-corrected chi connectivity index (χ3v) is 6.16. The van der Waals surface area contributed by atoms with Gasteiger partial charge in [0.2, 0.25) is 15.9 Å². The van der Waals surface area contributed by atoms with Gasteiger partial charge in [0.25, 0.3) is 0 Å². The van der Waals surface area contributed by atoms with Gasteiger partial charge in [-0.3, -0.25) is 4.79 Å². The van der Waals surface area contributed by atoms with E-state index in [4.69, 9.17) is 0 Å². The highest BCUT2D eigenvalue weighted by atomic mass is 32.2. The van der Waals surface area contributed by atoms with E-state index in [0.29, 0.717) is 11.4 Å². The molecular weight excluding hydrogens is 368 g/mol. The van der Waals surface area contributed by atoms with Gasteiger partial charge < -0.3 is 5.32 Å². The first-order valence-corrected chi connectivity index (χ1v) is 10.6. The molecule has 0 radical (unpaired) electrons. The van der Waals surface area contributed by atoms with Crippen molar-refractivity contribution in [2.45, 2.75) is 4.90 Å². The largest absolute Gasteiger partial charge is 0.325 e. The maximum Gasteiger partial charge on any atom is 0.242 e. The van der Waals surface area contributed by atoms with E-state index >= 15 is 0 Å². The van der Waals surface area contributed by atoms with Crippen LogP contribution >= 0.6 is 11.8 Å². The summed E-state index contributed by atoms with van der Waals surface area (Å²) in [6.07, 6.45) is 4.03. The summed E-state index contributed by atoms with van der Waals surface area (Å²) >= 11 is 1.49. The number of carbonyl (C=O) groups excluding carboxylic acids is 1. The van der Waals surface area contributed by atoms with Gasteiger partial charge in [-0.15, -0.1) is 11.8 Å². The highest BCUT2D eigenvalue weighted by Crippen LogP contribution is 2.18. The zero-order valence-corrected chi connectivity index (χ0v) is 16.4. The maximum atomic E-state index is 12.1. The Kier molecular flexibility index (Phi) is 7.44. The molecule has 0 aliphatic heterocycles. The smallest absolute Gasteiger partial charge is 0.242 e. The number of anilines is 1. The number of rotatable bonds is 8. The van der Waals surface area contributed by atoms with Crippen LogP contribution in [0.2, 0.25) is 0 Å². The number of carbonyl (C=O) groups is 1. The van der Waals surface area contributed by atoms with Crippen molar-refractivity contribution in [3.05, 3.63) is 66.2 Å². The molecule has 0 heterocycles. The molecule has 26 heavy (non-hydrogen) atoms. The Morgan fingerprint density at radius 1 is 1.12 bits per heavy atom. The summed E-state index contributed by atoms with van der Waals surface area (Å²) in [6, 6.07) is 16.2. The molecule has 1 amide bonds. The van der Waals surface area contributed by atoms with Crippen LogP contribution < -0.4 is 5.32 Å². The fourth-order valence-electron chi connectivity index (χ4n) is 2.11. The average Bonchev–Trinajstić information content (AvgIpc) is 2.62. The van der Waals surface area contributed by atoms with E-state index in [1.54, 1.807) is 12.1 Å². The number of sulfonamides is 1. The predicted octanol–water partition coefficient (Wildman–Crippen LogP) is 3.32. The van der Waals surface area contributed by atoms with Crippen LogP contribution in [0.3, 0.4) is 0 Å². The lowest BCUT2D eigenvalue weighted by Crippen LogP contribution is -2.22. The lowest BCUT2D eigenvalue weighted by molar-refractivity contribution is -0.113. The molecule has 0 spiro atoms. The van der Waals surface area contributed by atoms with Crippen LogP contribution in [0, 0.1) is 0 Å². The molecule has 2 aromatic rings. The number of thioether (sulfide) groups is 1. The normalized spacial score (nSPS) is 11.8. The molecule has 138 valence electrons. The van der Waals surface area contributed by atoms with E-state index in [1.165, 1.54) is 38.0 Å². The number of benzene rings is 2. The van der Waals surface area contributed by atoms with Crippen molar-refractivity contribution < 1.29 is 13.2 Å². The van der Waals surface area contributed by atoms with E-state index in [9.17, 15) is 13.2 Å². The molecule has 0 aliphatic carbocycles. The van der Waals surface area contributed by atoms with Crippen molar-refractivity contribution >= 4 is 39.5 Å². The lowest BCUT2D eigenvalue weighted by Gasteiger charge is -2.12. The molecule has 1 N–H and O–H groups in total. The molecule has 2 aromatic carbocycles. The second-order valence-electron chi connectivity index (χ2n) is 5.69. The number of nitrogens with zero attached hydrogens (tertiary/aromatic N) is 1. The SMILES string of the molecule is CN(C)S(=O)(=O)c1cccc(NC(=O)CSC/C=C/c2ccccc2)c1. The van der Waals surface area contributed by atoms with Crippen LogP contribution in [0.4, 0.5) is 5.69 Å². The van der Waals surface area contributed by atoms with Crippen LogP contribution in [0.25, 0.3) is 6.08 Å². The minimum atomic E-state index is -3.52. The Hall–Kier alpha value is -2.09. The third-order valence-electron chi connectivity index (χ3n) is 3.45. The molecule has 0 aromatic heterocycles. The summed E-state index contributed by atoms with van der Waals surface area (Å²) in [7, 11) is -0.573. The topological polar surface area (TPSA) is 66.5 Å². The van der Waals surface area contributed by atoms with Gasteiger partial charge in [0.05, 0.1) is 10.6 Å². The molecule has 0 unspecified atom stereocenters. The molecule has 5 nitrogen and oxygen atoms in total. The van der Waals surface area contributed by atoms with Crippen LogP contribution in [0.5, 0.6) is 0 Å². The summed E-state index contributed by atoms with van der Waals surface area (Å²) in [5, 5.41) is 2.74. The Balaban J connectivity index is 1.84. The highest BCUT2D eigenvalue weighted by molar-refractivity contribution is 8.00. The van der Waals surface area contributed by atoms with Gasteiger partial charge in [0, 0.05) is 25.5 Å². The minimum absolute atomic E-state index is 0.152. The quantitative estimate of drug-likeness (QED) is 0.702. The van der Waals surface area contributed by atoms with Gasteiger partial charge in [-0.05, 0) is 23.8 Å². The fraction of sp³-hybridized carbons (Fsp3) is 0.211. The van der Waals surface area contributed by atoms with E-state index in [2.05, 4.69) is 5.32 Å². The van der Waals surface area contributed by atoms with Crippen molar-refractivity contribution in [1.82, 2.24) is 4.31 Å². The van der Waals surface area contributed by atoms with Crippen molar-refractivity contribution in [2.24, 2.45) is 0 Å². The van der Waals surface area contributed by atoms with E-state index in [1.807, 2.05) is 42.5 Å². The van der Waals surface area contributed by atoms with Crippen LogP contribution in [0.15, 0.2) is 65.6 Å². The van der Waals surface area contributed by atoms with Crippen LogP contribution in [-0.2, 0) is 14.8 Å². The van der Waals surface area contributed by atoms with Crippen molar-refractivity contribution in [3.63, 3.8) is 0 Å². The molecular formula is C19H22N2O3S2. The monoisotopic (exact) mass is 390 g/mol. The van der Waals surface area contributed by atoms with Crippen LogP contribution in [-0.4, -0.2) is 44.2 Å². The first kappa shape index (κ1) is 20.2. The minimum Gasteiger partial charge on any atom is -0.325 e. The summed E-state index contributed by atoms with van der Waals surface area (Å²) in [5.74, 6) is 0.851. The van der Waals surface area contributed by atoms with E-state index in [-0.39, 0.29) is 10.8 Å². The molecule has 0 saturated carbocycles. The van der Waals surface area contributed by atoms with Gasteiger partial charge in [-0.2, -0.15) is 0 Å². The Labute approximate surface area is 159 Å². The summed E-state index contributed by atoms with van der Waals surface area (Å²) < 4.78 is 25.4. The molecule has 0 atom stereocenters. The number of nitrogens with one attached hydrogen (secondary N) is 1. The Bertz CT molecular complexity index is 863. The van der Waals surface area contributed by atoms with Crippen LogP contribution in [0.1, 0.15) is 5.56 Å². The maximum absolute atomic E-state index is 12.1. The molecule has 0 saturated heterocycles. The van der Waals surface area contributed by atoms with Crippen molar-refractivity contribution in [3.8, 4) is 0 Å². The lowest BCUT2D eigenvalue weighted by atomic mass is 10.2. The Morgan fingerprint density at radius 2 is 1.85 bits per heavy atom. The second-order valence-corrected chi connectivity index (χ2v) is 8.87. The highest BCUT2D eigenvalue weighted by Gasteiger charge is 2.17. The summed E-state index contributed by atoms with van der Waals surface area (Å²) in [5.41, 5.74) is 1.59. The second kappa shape index (κ2) is 9.56. The first-order chi connectivity index (χ1) is 12.4. The zero-order valence-electron chi connectivity index (χ0n) is 14.8. The van der Waals surface area contributed by atoms with Crippen molar-refractivity contribution in [2.75, 3.05) is 30.9 Å². The standard InChI is InChI=1S/C19H22N2O3S2/c1-21(2)26(23,24)18-12-6-11-17(14-18)20-19(22)15-25-13-7-10-16-8-4-3-5-9-16/h3-12,14H,13,15H2,1-2H3,(H,20,22)/b10-7+. The molecule has 0 aliphatic rings. The van der Waals surface area contributed by atoms with Gasteiger partial charge in [-0.25, -0.2) is 12.7 Å². The van der Waals surface area contributed by atoms with Gasteiger partial charge in [-0.1, -0.05) is 48.6 Å². The third kappa shape index (κ3) is 6.01.